The average molecular weight is 398 g/mol. The van der Waals surface area contributed by atoms with E-state index in [2.05, 4.69) is 23.7 Å². The van der Waals surface area contributed by atoms with Crippen molar-refractivity contribution in [1.82, 2.24) is 0 Å². The Balaban J connectivity index is 2.67. The number of rotatable bonds is 2. The molecule has 140 valence electrons. The fraction of sp³-hybridized carbons (Fsp3) is 0.200. The first-order chi connectivity index (χ1) is 12.6. The number of hydrogen-bond acceptors (Lipinski definition) is 1. The zero-order valence-corrected chi connectivity index (χ0v) is 15.0. The topological polar surface area (TPSA) is 0 Å². The van der Waals surface area contributed by atoms with Crippen molar-refractivity contribution in [2.75, 3.05) is 0 Å². The lowest BCUT2D eigenvalue weighted by Crippen LogP contribution is -2.09. The monoisotopic (exact) mass is 398 g/mol. The molecule has 0 unspecified atom stereocenters. The van der Waals surface area contributed by atoms with Crippen LogP contribution in [0.1, 0.15) is 36.1 Å². The second-order valence-electron chi connectivity index (χ2n) is 5.20. The van der Waals surface area contributed by atoms with Crippen molar-refractivity contribution in [3.8, 4) is 23.7 Å². The van der Waals surface area contributed by atoms with Crippen LogP contribution in [0.15, 0.2) is 46.2 Å². The van der Waals surface area contributed by atoms with Gasteiger partial charge in [-0.3, -0.25) is 0 Å². The molecule has 0 radical (unpaired) electrons. The van der Waals surface area contributed by atoms with Crippen molar-refractivity contribution < 1.29 is 26.3 Å². The Kier molecular flexibility index (Phi) is 6.18. The molecule has 0 aliphatic rings. The summed E-state index contributed by atoms with van der Waals surface area (Å²) in [5, 5.41) is 0. The second-order valence-corrected chi connectivity index (χ2v) is 6.29. The van der Waals surface area contributed by atoms with E-state index in [9.17, 15) is 26.3 Å². The zero-order chi connectivity index (χ0) is 20.2. The van der Waals surface area contributed by atoms with Gasteiger partial charge >= 0.3 is 12.4 Å². The van der Waals surface area contributed by atoms with E-state index in [1.807, 2.05) is 0 Å². The van der Waals surface area contributed by atoms with E-state index in [1.54, 1.807) is 0 Å². The van der Waals surface area contributed by atoms with Gasteiger partial charge in [0.25, 0.3) is 0 Å². The smallest absolute Gasteiger partial charge is 0.166 e. The quantitative estimate of drug-likeness (QED) is 0.405. The highest BCUT2D eigenvalue weighted by Crippen LogP contribution is 2.41. The lowest BCUT2D eigenvalue weighted by atomic mass is 10.1. The van der Waals surface area contributed by atoms with Crippen LogP contribution >= 0.6 is 11.8 Å². The minimum absolute atomic E-state index is 0.109. The van der Waals surface area contributed by atoms with E-state index >= 15 is 0 Å². The van der Waals surface area contributed by atoms with Gasteiger partial charge in [-0.15, -0.1) is 11.8 Å². The minimum atomic E-state index is -4.63. The molecule has 0 saturated carbocycles. The minimum Gasteiger partial charge on any atom is -0.166 e. The van der Waals surface area contributed by atoms with Crippen LogP contribution in [-0.4, -0.2) is 0 Å². The third-order valence-electron chi connectivity index (χ3n) is 3.38. The Bertz CT molecular complexity index is 883. The first-order valence-electron chi connectivity index (χ1n) is 7.53. The third-order valence-corrected chi connectivity index (χ3v) is 4.50. The Morgan fingerprint density at radius 2 is 1.04 bits per heavy atom. The predicted octanol–water partition coefficient (Wildman–Crippen LogP) is 6.62. The molecule has 2 aromatic rings. The molecule has 0 aromatic heterocycles. The molecule has 0 amide bonds. The SMILES string of the molecule is CC#Cc1c(Sc2cccc(C(F)(F)F)c2C#CC)cccc1C(F)(F)F. The standard InChI is InChI=1S/C20H12F6S/c1-3-7-13-15(19(21,22)23)9-5-11-17(13)27-18-12-6-10-16(20(24,25)26)14(18)8-4-2/h5-6,9-12H,1-2H3. The van der Waals surface area contributed by atoms with Gasteiger partial charge in [0.1, 0.15) is 0 Å². The summed E-state index contributed by atoms with van der Waals surface area (Å²) in [5.74, 6) is 9.69. The number of halogens is 6. The molecule has 0 fully saturated rings. The fourth-order valence-electron chi connectivity index (χ4n) is 2.33. The van der Waals surface area contributed by atoms with Crippen LogP contribution in [0.4, 0.5) is 26.3 Å². The van der Waals surface area contributed by atoms with Crippen molar-refractivity contribution in [2.24, 2.45) is 0 Å². The van der Waals surface area contributed by atoms with E-state index in [0.717, 1.165) is 23.9 Å². The van der Waals surface area contributed by atoms with E-state index in [4.69, 9.17) is 0 Å². The van der Waals surface area contributed by atoms with Crippen molar-refractivity contribution in [3.63, 3.8) is 0 Å². The molecule has 7 heteroatoms. The summed E-state index contributed by atoms with van der Waals surface area (Å²) in [6, 6.07) is 6.97. The van der Waals surface area contributed by atoms with E-state index in [1.165, 1.54) is 38.1 Å². The van der Waals surface area contributed by atoms with Crippen LogP contribution in [0.3, 0.4) is 0 Å². The van der Waals surface area contributed by atoms with Gasteiger partial charge < -0.3 is 0 Å². The van der Waals surface area contributed by atoms with E-state index < -0.39 is 23.5 Å². The summed E-state index contributed by atoms with van der Waals surface area (Å²) in [6.07, 6.45) is -9.26. The second kappa shape index (κ2) is 8.02. The van der Waals surface area contributed by atoms with E-state index in [-0.39, 0.29) is 20.9 Å². The highest BCUT2D eigenvalue weighted by molar-refractivity contribution is 7.99. The first kappa shape index (κ1) is 20.8. The fourth-order valence-corrected chi connectivity index (χ4v) is 3.39. The molecule has 2 rings (SSSR count). The highest BCUT2D eigenvalue weighted by atomic mass is 32.2. The first-order valence-corrected chi connectivity index (χ1v) is 8.35. The Hall–Kier alpha value is -2.51. The molecule has 0 spiro atoms. The van der Waals surface area contributed by atoms with Crippen LogP contribution in [0.2, 0.25) is 0 Å². The third kappa shape index (κ3) is 4.81. The van der Waals surface area contributed by atoms with Gasteiger partial charge in [0.05, 0.1) is 22.3 Å². The molecule has 0 aliphatic carbocycles. The van der Waals surface area contributed by atoms with Gasteiger partial charge in [0.2, 0.25) is 0 Å². The van der Waals surface area contributed by atoms with Gasteiger partial charge in [0, 0.05) is 9.79 Å². The van der Waals surface area contributed by atoms with Gasteiger partial charge in [-0.05, 0) is 38.1 Å². The van der Waals surface area contributed by atoms with Crippen molar-refractivity contribution in [1.29, 1.82) is 0 Å². The van der Waals surface area contributed by atoms with Gasteiger partial charge in [-0.1, -0.05) is 35.7 Å². The molecule has 2 aromatic carbocycles. The molecule has 27 heavy (non-hydrogen) atoms. The Labute approximate surface area is 157 Å². The van der Waals surface area contributed by atoms with Gasteiger partial charge in [-0.25, -0.2) is 0 Å². The summed E-state index contributed by atoms with van der Waals surface area (Å²) in [6.45, 7) is 2.78. The number of benzene rings is 2. The van der Waals surface area contributed by atoms with E-state index in [0.29, 0.717) is 0 Å². The number of hydrogen-bond donors (Lipinski definition) is 0. The maximum absolute atomic E-state index is 13.3. The van der Waals surface area contributed by atoms with Crippen molar-refractivity contribution in [2.45, 2.75) is 36.0 Å². The van der Waals surface area contributed by atoms with Crippen LogP contribution in [0, 0.1) is 23.7 Å². The predicted molar refractivity (Wildman–Crippen MR) is 92.1 cm³/mol. The largest absolute Gasteiger partial charge is 0.417 e. The van der Waals surface area contributed by atoms with Crippen LogP contribution in [0.25, 0.3) is 0 Å². The average Bonchev–Trinajstić information content (AvgIpc) is 2.56. The Morgan fingerprint density at radius 1 is 0.667 bits per heavy atom. The van der Waals surface area contributed by atoms with Crippen molar-refractivity contribution >= 4 is 11.8 Å². The summed E-state index contributed by atoms with van der Waals surface area (Å²) in [4.78, 5) is 0.218. The van der Waals surface area contributed by atoms with Crippen LogP contribution in [0.5, 0.6) is 0 Å². The van der Waals surface area contributed by atoms with Gasteiger partial charge in [0.15, 0.2) is 0 Å². The molecule has 0 heterocycles. The molecule has 0 atom stereocenters. The molecule has 0 aliphatic heterocycles. The van der Waals surface area contributed by atoms with Crippen molar-refractivity contribution in [3.05, 3.63) is 58.7 Å². The summed E-state index contributed by atoms with van der Waals surface area (Å²) in [5.41, 5.74) is -2.41. The summed E-state index contributed by atoms with van der Waals surface area (Å²) < 4.78 is 79.6. The molecule has 0 nitrogen and oxygen atoms in total. The molecular formula is C20H12F6S. The zero-order valence-electron chi connectivity index (χ0n) is 14.1. The highest BCUT2D eigenvalue weighted by Gasteiger charge is 2.35. The lowest BCUT2D eigenvalue weighted by Gasteiger charge is -2.15. The molecular weight excluding hydrogens is 386 g/mol. The normalized spacial score (nSPS) is 11.3. The van der Waals surface area contributed by atoms with Gasteiger partial charge in [-0.2, -0.15) is 26.3 Å². The van der Waals surface area contributed by atoms with Crippen LogP contribution in [-0.2, 0) is 12.4 Å². The number of alkyl halides is 6. The molecule has 0 bridgehead atoms. The molecule has 0 saturated heterocycles. The Morgan fingerprint density at radius 3 is 1.33 bits per heavy atom. The molecule has 0 N–H and O–H groups in total. The summed E-state index contributed by atoms with van der Waals surface area (Å²) in [7, 11) is 0. The maximum Gasteiger partial charge on any atom is 0.417 e. The lowest BCUT2D eigenvalue weighted by molar-refractivity contribution is -0.138. The summed E-state index contributed by atoms with van der Waals surface area (Å²) >= 11 is 0.776. The maximum atomic E-state index is 13.3. The van der Waals surface area contributed by atoms with Crippen LogP contribution < -0.4 is 0 Å².